The molecule has 9 nitrogen and oxygen atoms in total. The third-order valence-electron chi connectivity index (χ3n) is 5.76. The maximum Gasteiger partial charge on any atom is 0.407 e. The lowest BCUT2D eigenvalue weighted by molar-refractivity contribution is 0.0523. The fourth-order valence-electron chi connectivity index (χ4n) is 3.96. The number of benzene rings is 2. The number of hydrogen-bond acceptors (Lipinski definition) is 7. The third kappa shape index (κ3) is 7.01. The molecule has 1 amide bonds. The van der Waals surface area contributed by atoms with Crippen LogP contribution in [0.3, 0.4) is 0 Å². The number of rotatable bonds is 9. The summed E-state index contributed by atoms with van der Waals surface area (Å²) in [4.78, 5) is 28.9. The predicted octanol–water partition coefficient (Wildman–Crippen LogP) is 5.21. The van der Waals surface area contributed by atoms with Crippen molar-refractivity contribution in [1.29, 1.82) is 0 Å². The van der Waals surface area contributed by atoms with Crippen molar-refractivity contribution in [2.24, 2.45) is 0 Å². The zero-order chi connectivity index (χ0) is 28.0. The van der Waals surface area contributed by atoms with Crippen LogP contribution in [0.5, 0.6) is 11.5 Å². The Labute approximate surface area is 227 Å². The van der Waals surface area contributed by atoms with Crippen LogP contribution in [0, 0.1) is 0 Å². The van der Waals surface area contributed by atoms with Gasteiger partial charge in [0.15, 0.2) is 0 Å². The average molecular weight is 529 g/mol. The lowest BCUT2D eigenvalue weighted by Crippen LogP contribution is -2.32. The van der Waals surface area contributed by atoms with E-state index in [1.165, 1.54) is 10.7 Å². The molecule has 0 saturated heterocycles. The molecule has 2 heterocycles. The van der Waals surface area contributed by atoms with Crippen LogP contribution >= 0.6 is 0 Å². The van der Waals surface area contributed by atoms with Gasteiger partial charge in [-0.05, 0) is 50.6 Å². The first-order valence-electron chi connectivity index (χ1n) is 12.5. The minimum atomic E-state index is -0.570. The highest BCUT2D eigenvalue weighted by atomic mass is 16.6. The fraction of sp³-hybridized carbons (Fsp3) is 0.267. The van der Waals surface area contributed by atoms with Crippen LogP contribution in [0.1, 0.15) is 31.9 Å². The average Bonchev–Trinajstić information content (AvgIpc) is 2.91. The van der Waals surface area contributed by atoms with Crippen molar-refractivity contribution in [3.8, 4) is 22.8 Å². The number of methoxy groups -OCH3 is 1. The molecule has 39 heavy (non-hydrogen) atoms. The summed E-state index contributed by atoms with van der Waals surface area (Å²) in [5.74, 6) is 1.32. The maximum absolute atomic E-state index is 12.5. The Morgan fingerprint density at radius 2 is 1.92 bits per heavy atom. The largest absolute Gasteiger partial charge is 0.496 e. The quantitative estimate of drug-likeness (QED) is 0.318. The van der Waals surface area contributed by atoms with Gasteiger partial charge < -0.3 is 19.5 Å². The van der Waals surface area contributed by atoms with E-state index in [0.29, 0.717) is 23.7 Å². The molecule has 0 saturated carbocycles. The molecule has 0 aliphatic rings. The van der Waals surface area contributed by atoms with Gasteiger partial charge in [0.25, 0.3) is 5.56 Å². The number of carbonyl (C=O) groups is 1. The van der Waals surface area contributed by atoms with Gasteiger partial charge in [-0.1, -0.05) is 30.9 Å². The molecule has 4 aromatic rings. The predicted molar refractivity (Wildman–Crippen MR) is 151 cm³/mol. The fourth-order valence-corrected chi connectivity index (χ4v) is 3.96. The van der Waals surface area contributed by atoms with Crippen molar-refractivity contribution in [2.75, 3.05) is 13.7 Å². The van der Waals surface area contributed by atoms with E-state index in [2.05, 4.69) is 22.0 Å². The van der Waals surface area contributed by atoms with Crippen LogP contribution in [0.15, 0.2) is 72.2 Å². The van der Waals surface area contributed by atoms with Gasteiger partial charge in [-0.25, -0.2) is 9.48 Å². The van der Waals surface area contributed by atoms with Gasteiger partial charge in [-0.2, -0.15) is 5.10 Å². The van der Waals surface area contributed by atoms with Crippen LogP contribution in [-0.4, -0.2) is 40.2 Å². The van der Waals surface area contributed by atoms with E-state index in [0.717, 1.165) is 27.6 Å². The minimum Gasteiger partial charge on any atom is -0.496 e. The van der Waals surface area contributed by atoms with Gasteiger partial charge in [0.2, 0.25) is 0 Å². The summed E-state index contributed by atoms with van der Waals surface area (Å²) in [6, 6.07) is 16.3. The monoisotopic (exact) mass is 528 g/mol. The maximum atomic E-state index is 12.5. The first kappa shape index (κ1) is 27.4. The first-order chi connectivity index (χ1) is 18.7. The zero-order valence-electron chi connectivity index (χ0n) is 22.6. The Morgan fingerprint density at radius 1 is 1.10 bits per heavy atom. The molecular weight excluding hydrogens is 496 g/mol. The molecule has 0 aliphatic carbocycles. The lowest BCUT2D eigenvalue weighted by atomic mass is 10.1. The Morgan fingerprint density at radius 3 is 2.67 bits per heavy atom. The van der Waals surface area contributed by atoms with Gasteiger partial charge in [-0.3, -0.25) is 9.78 Å². The second-order valence-corrected chi connectivity index (χ2v) is 9.81. The third-order valence-corrected chi connectivity index (χ3v) is 5.76. The van der Waals surface area contributed by atoms with Crippen molar-refractivity contribution < 1.29 is 19.0 Å². The Hall–Kier alpha value is -4.66. The van der Waals surface area contributed by atoms with Crippen molar-refractivity contribution in [3.63, 3.8) is 0 Å². The van der Waals surface area contributed by atoms with Crippen LogP contribution in [0.25, 0.3) is 28.2 Å². The number of ether oxygens (including phenoxy) is 3. The van der Waals surface area contributed by atoms with Gasteiger partial charge >= 0.3 is 6.09 Å². The van der Waals surface area contributed by atoms with E-state index in [1.54, 1.807) is 31.5 Å². The van der Waals surface area contributed by atoms with Crippen LogP contribution in [0.2, 0.25) is 0 Å². The SMILES string of the molecule is C=Cc1cc2c(OCCn3nc(-c4cccc(CNC(=O)OC(C)(C)C)c4)ccc3=O)ccnc2cc1OC. The summed E-state index contributed by atoms with van der Waals surface area (Å²) >= 11 is 0. The Bertz CT molecular complexity index is 1560. The van der Waals surface area contributed by atoms with Crippen LogP contribution in [0.4, 0.5) is 4.79 Å². The van der Waals surface area contributed by atoms with E-state index in [-0.39, 0.29) is 18.7 Å². The minimum absolute atomic E-state index is 0.227. The van der Waals surface area contributed by atoms with Gasteiger partial charge in [0, 0.05) is 41.4 Å². The van der Waals surface area contributed by atoms with E-state index < -0.39 is 11.7 Å². The topological polar surface area (TPSA) is 105 Å². The van der Waals surface area contributed by atoms with Gasteiger partial charge in [-0.15, -0.1) is 0 Å². The van der Waals surface area contributed by atoms with Crippen LogP contribution in [-0.2, 0) is 17.8 Å². The van der Waals surface area contributed by atoms with Crippen LogP contribution < -0.4 is 20.3 Å². The molecule has 9 heteroatoms. The number of hydrogen-bond donors (Lipinski definition) is 1. The number of carbonyl (C=O) groups excluding carboxylic acids is 1. The van der Waals surface area contributed by atoms with Gasteiger partial charge in [0.1, 0.15) is 23.7 Å². The molecule has 4 rings (SSSR count). The number of nitrogens with zero attached hydrogens (tertiary/aromatic N) is 3. The summed E-state index contributed by atoms with van der Waals surface area (Å²) in [6.45, 7) is 10.1. The van der Waals surface area contributed by atoms with E-state index in [1.807, 2.05) is 57.2 Å². The second kappa shape index (κ2) is 11.8. The van der Waals surface area contributed by atoms with E-state index >= 15 is 0 Å². The zero-order valence-corrected chi connectivity index (χ0v) is 22.6. The molecule has 0 atom stereocenters. The molecule has 0 aliphatic heterocycles. The summed E-state index contributed by atoms with van der Waals surface area (Å²) in [7, 11) is 1.60. The Balaban J connectivity index is 1.46. The summed E-state index contributed by atoms with van der Waals surface area (Å²) < 4.78 is 18.1. The molecular formula is C30H32N4O5. The highest BCUT2D eigenvalue weighted by Crippen LogP contribution is 2.31. The van der Waals surface area contributed by atoms with Gasteiger partial charge in [0.05, 0.1) is 24.9 Å². The highest BCUT2D eigenvalue weighted by molar-refractivity contribution is 5.89. The molecule has 0 unspecified atom stereocenters. The second-order valence-electron chi connectivity index (χ2n) is 9.81. The Kier molecular flexibility index (Phi) is 8.29. The normalized spacial score (nSPS) is 11.2. The van der Waals surface area contributed by atoms with Crippen molar-refractivity contribution in [1.82, 2.24) is 20.1 Å². The first-order valence-corrected chi connectivity index (χ1v) is 12.5. The highest BCUT2D eigenvalue weighted by Gasteiger charge is 2.16. The number of alkyl carbamates (subject to hydrolysis) is 1. The summed E-state index contributed by atoms with van der Waals surface area (Å²) in [6.07, 6.45) is 2.90. The number of aromatic nitrogens is 3. The van der Waals surface area contributed by atoms with Crippen molar-refractivity contribution in [2.45, 2.75) is 39.5 Å². The summed E-state index contributed by atoms with van der Waals surface area (Å²) in [5.41, 5.74) is 3.08. The smallest absolute Gasteiger partial charge is 0.407 e. The summed E-state index contributed by atoms with van der Waals surface area (Å²) in [5, 5.41) is 8.11. The number of nitrogens with one attached hydrogen (secondary N) is 1. The molecule has 0 spiro atoms. The molecule has 0 radical (unpaired) electrons. The molecule has 2 aromatic carbocycles. The number of amides is 1. The van der Waals surface area contributed by atoms with E-state index in [4.69, 9.17) is 14.2 Å². The molecule has 0 bridgehead atoms. The molecule has 0 fully saturated rings. The standard InChI is InChI=1S/C30H32N4O5/c1-6-21-17-23-25(18-27(21)37-5)31-13-12-26(23)38-15-14-34-28(35)11-10-24(33-34)22-9-7-8-20(16-22)19-32-29(36)39-30(2,3)4/h6-13,16-18H,1,14-15,19H2,2-5H3,(H,32,36). The lowest BCUT2D eigenvalue weighted by Gasteiger charge is -2.19. The molecule has 202 valence electrons. The number of pyridine rings is 1. The van der Waals surface area contributed by atoms with Crippen molar-refractivity contribution >= 4 is 23.1 Å². The molecule has 2 aromatic heterocycles. The number of fused-ring (bicyclic) bond motifs is 1. The van der Waals surface area contributed by atoms with E-state index in [9.17, 15) is 9.59 Å². The van der Waals surface area contributed by atoms with Crippen molar-refractivity contribution in [3.05, 3.63) is 88.9 Å². The molecule has 1 N–H and O–H groups in total.